The van der Waals surface area contributed by atoms with Crippen LogP contribution in [0.3, 0.4) is 0 Å². The lowest BCUT2D eigenvalue weighted by Crippen LogP contribution is -2.60. The Labute approximate surface area is 284 Å². The van der Waals surface area contributed by atoms with E-state index in [1.807, 2.05) is 0 Å². The van der Waals surface area contributed by atoms with E-state index in [1.165, 1.54) is 142 Å². The van der Waals surface area contributed by atoms with Crippen LogP contribution in [0.25, 0.3) is 0 Å². The molecule has 9 atom stereocenters. The summed E-state index contributed by atoms with van der Waals surface area (Å²) >= 11 is 0. The molecule has 9 aliphatic rings. The van der Waals surface area contributed by atoms with Crippen molar-refractivity contribution < 1.29 is 5.11 Å². The fourth-order valence-corrected chi connectivity index (χ4v) is 12.3. The van der Waals surface area contributed by atoms with E-state index in [1.54, 1.807) is 0 Å². The van der Waals surface area contributed by atoms with Gasteiger partial charge in [-0.2, -0.15) is 10.2 Å². The van der Waals surface area contributed by atoms with Gasteiger partial charge in [0.2, 0.25) is 0 Å². The maximum atomic E-state index is 11.8. The van der Waals surface area contributed by atoms with Gasteiger partial charge in [-0.15, -0.1) is 0 Å². The lowest BCUT2D eigenvalue weighted by molar-refractivity contribution is -0.0688. The van der Waals surface area contributed by atoms with Crippen molar-refractivity contribution in [1.82, 2.24) is 47.1 Å². The van der Waals surface area contributed by atoms with Crippen LogP contribution in [0.15, 0.2) is 0 Å². The smallest absolute Gasteiger partial charge is 0.0739 e. The molecule has 4 aliphatic heterocycles. The number of hydrogen-bond donors (Lipinski definition) is 6. The summed E-state index contributed by atoms with van der Waals surface area (Å²) < 4.78 is 0. The van der Waals surface area contributed by atoms with Crippen molar-refractivity contribution in [2.45, 2.75) is 214 Å². The summed E-state index contributed by atoms with van der Waals surface area (Å²) in [4.78, 5) is 5.80. The molecule has 9 rings (SSSR count). The average molecular weight is 654 g/mol. The van der Waals surface area contributed by atoms with Crippen LogP contribution in [0.1, 0.15) is 141 Å². The van der Waals surface area contributed by atoms with Gasteiger partial charge in [0.25, 0.3) is 0 Å². The van der Waals surface area contributed by atoms with Gasteiger partial charge in [0.05, 0.1) is 18.3 Å². The van der Waals surface area contributed by atoms with Crippen molar-refractivity contribution in [2.75, 3.05) is 13.1 Å². The molecule has 5 aliphatic carbocycles. The summed E-state index contributed by atoms with van der Waals surface area (Å²) in [5.74, 6) is 0.836. The third-order valence-electron chi connectivity index (χ3n) is 14.9. The number of hydrazine groups is 4. The second-order valence-corrected chi connectivity index (χ2v) is 17.6. The highest BCUT2D eigenvalue weighted by Crippen LogP contribution is 2.41. The Kier molecular flexibility index (Phi) is 9.90. The average Bonchev–Trinajstić information content (AvgIpc) is 3.86. The van der Waals surface area contributed by atoms with E-state index in [0.29, 0.717) is 60.5 Å². The second-order valence-electron chi connectivity index (χ2n) is 17.6. The summed E-state index contributed by atoms with van der Waals surface area (Å²) in [6.07, 6.45) is 28.9. The SMILES string of the molecule is OC1CC(N(C2CCC(C3CN4CCCCC4N3)CC2)C2CCC(N3NC4CCCCC4N3)CC2)CCC1N1NC2CCCCC2N1. The van der Waals surface area contributed by atoms with E-state index >= 15 is 0 Å². The molecule has 4 saturated heterocycles. The maximum Gasteiger partial charge on any atom is 0.0739 e. The molecule has 0 aromatic heterocycles. The molecule has 6 N–H and O–H groups in total. The topological polar surface area (TPSA) is 93.3 Å². The largest absolute Gasteiger partial charge is 0.391 e. The van der Waals surface area contributed by atoms with Gasteiger partial charge in [-0.05, 0) is 128 Å². The standard InChI is InChI=1S/C37H67N9O/c47-36-23-29(20-21-35(36)46-41-32-9-3-4-10-33(32)42-46)44(26-14-12-25(13-15-26)34-24-43-22-6-5-11-37(43)38-34)27-16-18-28(19-17-27)45-39-30-7-1-2-8-31(30)40-45/h25-42,47H,1-24H2. The molecule has 0 amide bonds. The minimum atomic E-state index is -0.273. The van der Waals surface area contributed by atoms with Crippen molar-refractivity contribution >= 4 is 0 Å². The first kappa shape index (κ1) is 32.5. The van der Waals surface area contributed by atoms with Crippen LogP contribution in [-0.2, 0) is 0 Å². The van der Waals surface area contributed by atoms with Crippen LogP contribution in [0.5, 0.6) is 0 Å². The molecule has 9 fully saturated rings. The molecule has 266 valence electrons. The van der Waals surface area contributed by atoms with Crippen molar-refractivity contribution in [3.63, 3.8) is 0 Å². The molecule has 4 heterocycles. The molecule has 47 heavy (non-hydrogen) atoms. The number of nitrogens with zero attached hydrogens (tertiary/aromatic N) is 4. The van der Waals surface area contributed by atoms with Gasteiger partial charge in [0.15, 0.2) is 0 Å². The van der Waals surface area contributed by atoms with Crippen molar-refractivity contribution in [3.8, 4) is 0 Å². The van der Waals surface area contributed by atoms with Crippen LogP contribution >= 0.6 is 0 Å². The van der Waals surface area contributed by atoms with Gasteiger partial charge >= 0.3 is 0 Å². The van der Waals surface area contributed by atoms with Gasteiger partial charge in [-0.25, -0.2) is 21.7 Å². The highest BCUT2D eigenvalue weighted by Gasteiger charge is 2.47. The van der Waals surface area contributed by atoms with Crippen molar-refractivity contribution in [1.29, 1.82) is 0 Å². The quantitative estimate of drug-likeness (QED) is 0.256. The number of hydrogen-bond acceptors (Lipinski definition) is 10. The number of rotatable bonds is 6. The van der Waals surface area contributed by atoms with Crippen LogP contribution in [0.2, 0.25) is 0 Å². The van der Waals surface area contributed by atoms with Gasteiger partial charge < -0.3 is 5.11 Å². The van der Waals surface area contributed by atoms with E-state index in [-0.39, 0.29) is 12.1 Å². The Morgan fingerprint density at radius 2 is 1.06 bits per heavy atom. The lowest BCUT2D eigenvalue weighted by Gasteiger charge is -2.51. The number of fused-ring (bicyclic) bond motifs is 3. The zero-order chi connectivity index (χ0) is 31.3. The van der Waals surface area contributed by atoms with Gasteiger partial charge in [-0.3, -0.25) is 15.1 Å². The molecule has 0 spiro atoms. The van der Waals surface area contributed by atoms with Crippen molar-refractivity contribution in [3.05, 3.63) is 0 Å². The summed E-state index contributed by atoms with van der Waals surface area (Å²) in [7, 11) is 0. The molecule has 0 bridgehead atoms. The minimum Gasteiger partial charge on any atom is -0.391 e. The molecular formula is C37H67N9O. The number of piperidine rings is 1. The Morgan fingerprint density at radius 3 is 1.66 bits per heavy atom. The van der Waals surface area contributed by atoms with E-state index in [0.717, 1.165) is 18.8 Å². The predicted octanol–water partition coefficient (Wildman–Crippen LogP) is 3.50. The number of nitrogens with one attached hydrogen (secondary N) is 5. The molecule has 5 saturated carbocycles. The summed E-state index contributed by atoms with van der Waals surface area (Å²) in [5, 5.41) is 20.6. The Hall–Kier alpha value is -0.400. The van der Waals surface area contributed by atoms with Crippen LogP contribution in [0, 0.1) is 5.92 Å². The lowest BCUT2D eigenvalue weighted by atomic mass is 9.77. The van der Waals surface area contributed by atoms with E-state index in [2.05, 4.69) is 47.1 Å². The maximum absolute atomic E-state index is 11.8. The minimum absolute atomic E-state index is 0.188. The van der Waals surface area contributed by atoms with Crippen LogP contribution < -0.4 is 27.0 Å². The normalized spacial score (nSPS) is 48.8. The molecule has 10 nitrogen and oxygen atoms in total. The number of aliphatic hydroxyl groups excluding tert-OH is 1. The summed E-state index contributed by atoms with van der Waals surface area (Å²) in [6, 6.07) is 5.74. The van der Waals surface area contributed by atoms with Crippen molar-refractivity contribution in [2.24, 2.45) is 5.92 Å². The van der Waals surface area contributed by atoms with Crippen LogP contribution in [0.4, 0.5) is 0 Å². The van der Waals surface area contributed by atoms with Gasteiger partial charge in [-0.1, -0.05) is 25.7 Å². The molecular weight excluding hydrogens is 586 g/mol. The fourth-order valence-electron chi connectivity index (χ4n) is 12.3. The first-order chi connectivity index (χ1) is 23.2. The molecule has 0 aromatic carbocycles. The van der Waals surface area contributed by atoms with Gasteiger partial charge in [0.1, 0.15) is 0 Å². The van der Waals surface area contributed by atoms with E-state index in [9.17, 15) is 5.11 Å². The summed E-state index contributed by atoms with van der Waals surface area (Å²) in [5.41, 5.74) is 15.4. The highest BCUT2D eigenvalue weighted by atomic mass is 16.3. The Bertz CT molecular complexity index is 941. The third-order valence-corrected chi connectivity index (χ3v) is 14.9. The molecule has 0 radical (unpaired) electrons. The van der Waals surface area contributed by atoms with E-state index in [4.69, 9.17) is 0 Å². The summed E-state index contributed by atoms with van der Waals surface area (Å²) in [6.45, 7) is 2.59. The Morgan fingerprint density at radius 1 is 0.511 bits per heavy atom. The Balaban J connectivity index is 0.850. The zero-order valence-electron chi connectivity index (χ0n) is 29.2. The molecule has 10 heteroatoms. The van der Waals surface area contributed by atoms with Crippen LogP contribution in [-0.4, -0.2) is 111 Å². The second kappa shape index (κ2) is 14.3. The highest BCUT2D eigenvalue weighted by molar-refractivity contribution is 5.01. The number of aliphatic hydroxyl groups is 1. The monoisotopic (exact) mass is 654 g/mol. The molecule has 0 aromatic rings. The first-order valence-corrected chi connectivity index (χ1v) is 20.7. The van der Waals surface area contributed by atoms with Gasteiger partial charge in [0, 0.05) is 60.9 Å². The third kappa shape index (κ3) is 6.72. The fraction of sp³-hybridized carbons (Fsp3) is 1.00. The van der Waals surface area contributed by atoms with E-state index < -0.39 is 0 Å². The first-order valence-electron chi connectivity index (χ1n) is 20.7. The molecule has 9 unspecified atom stereocenters. The zero-order valence-corrected chi connectivity index (χ0v) is 29.2. The predicted molar refractivity (Wildman–Crippen MR) is 186 cm³/mol.